The molecule has 0 unspecified atom stereocenters. The van der Waals surface area contributed by atoms with Crippen LogP contribution in [-0.2, 0) is 13.1 Å². The molecule has 0 aliphatic heterocycles. The summed E-state index contributed by atoms with van der Waals surface area (Å²) in [5.74, 6) is -0.219. The third kappa shape index (κ3) is 3.88. The summed E-state index contributed by atoms with van der Waals surface area (Å²) in [6.07, 6.45) is 0. The van der Waals surface area contributed by atoms with Crippen molar-refractivity contribution >= 4 is 43.2 Å². The molecule has 0 radical (unpaired) electrons. The zero-order valence-corrected chi connectivity index (χ0v) is 12.8. The van der Waals surface area contributed by atoms with Gasteiger partial charge in [0.1, 0.15) is 5.82 Å². The van der Waals surface area contributed by atoms with E-state index in [2.05, 4.69) is 43.2 Å². The highest BCUT2D eigenvalue weighted by Crippen LogP contribution is 2.22. The number of benzene rings is 1. The average Bonchev–Trinajstić information content (AvgIpc) is 2.70. The molecule has 0 saturated heterocycles. The van der Waals surface area contributed by atoms with E-state index in [1.807, 2.05) is 12.1 Å². The van der Waals surface area contributed by atoms with Crippen LogP contribution in [0.15, 0.2) is 38.6 Å². The Morgan fingerprint density at radius 2 is 1.94 bits per heavy atom. The Morgan fingerprint density at radius 1 is 1.12 bits per heavy atom. The molecule has 5 heteroatoms. The van der Waals surface area contributed by atoms with Gasteiger partial charge in [-0.1, -0.05) is 6.07 Å². The molecule has 1 heterocycles. The van der Waals surface area contributed by atoms with Crippen LogP contribution in [0.4, 0.5) is 4.39 Å². The van der Waals surface area contributed by atoms with Crippen LogP contribution in [0.3, 0.4) is 0 Å². The van der Waals surface area contributed by atoms with Crippen LogP contribution in [-0.4, -0.2) is 0 Å². The molecule has 1 N–H and O–H groups in total. The summed E-state index contributed by atoms with van der Waals surface area (Å²) < 4.78 is 14.9. The van der Waals surface area contributed by atoms with Crippen molar-refractivity contribution < 1.29 is 4.39 Å². The summed E-state index contributed by atoms with van der Waals surface area (Å²) in [5.41, 5.74) is 0.946. The molecular formula is C12H10Br2FNS. The van der Waals surface area contributed by atoms with Gasteiger partial charge in [-0.25, -0.2) is 4.39 Å². The molecule has 90 valence electrons. The highest BCUT2D eigenvalue weighted by molar-refractivity contribution is 9.11. The number of hydrogen-bond acceptors (Lipinski definition) is 2. The van der Waals surface area contributed by atoms with Gasteiger partial charge in [-0.05, 0) is 61.7 Å². The third-order valence-corrected chi connectivity index (χ3v) is 4.51. The fourth-order valence-electron chi connectivity index (χ4n) is 1.43. The Bertz CT molecular complexity index is 513. The Morgan fingerprint density at radius 3 is 2.59 bits per heavy atom. The monoisotopic (exact) mass is 377 g/mol. The molecule has 0 amide bonds. The molecular weight excluding hydrogens is 369 g/mol. The third-order valence-electron chi connectivity index (χ3n) is 2.24. The van der Waals surface area contributed by atoms with Crippen LogP contribution in [0, 0.1) is 5.82 Å². The van der Waals surface area contributed by atoms with Crippen LogP contribution in [0.25, 0.3) is 0 Å². The van der Waals surface area contributed by atoms with E-state index in [4.69, 9.17) is 0 Å². The van der Waals surface area contributed by atoms with Crippen LogP contribution in [0.2, 0.25) is 0 Å². The second-order valence-electron chi connectivity index (χ2n) is 3.56. The summed E-state index contributed by atoms with van der Waals surface area (Å²) in [5, 5.41) is 3.29. The van der Waals surface area contributed by atoms with Crippen molar-refractivity contribution in [1.82, 2.24) is 5.32 Å². The molecule has 0 spiro atoms. The number of thiophene rings is 1. The van der Waals surface area contributed by atoms with Crippen LogP contribution in [0.5, 0.6) is 0 Å². The van der Waals surface area contributed by atoms with E-state index in [1.54, 1.807) is 23.5 Å². The van der Waals surface area contributed by atoms with Gasteiger partial charge in [0.25, 0.3) is 0 Å². The maximum absolute atomic E-state index is 13.3. The van der Waals surface area contributed by atoms with E-state index in [9.17, 15) is 4.39 Å². The van der Waals surface area contributed by atoms with Crippen molar-refractivity contribution in [3.05, 3.63) is 54.8 Å². The largest absolute Gasteiger partial charge is 0.308 e. The Balaban J connectivity index is 1.87. The lowest BCUT2D eigenvalue weighted by Gasteiger charge is -2.04. The first-order chi connectivity index (χ1) is 8.15. The lowest BCUT2D eigenvalue weighted by Crippen LogP contribution is -2.11. The Hall–Kier alpha value is -0.230. The maximum Gasteiger partial charge on any atom is 0.137 e. The van der Waals surface area contributed by atoms with Gasteiger partial charge in [-0.2, -0.15) is 0 Å². The summed E-state index contributed by atoms with van der Waals surface area (Å²) in [6, 6.07) is 9.28. The van der Waals surface area contributed by atoms with Crippen molar-refractivity contribution in [2.45, 2.75) is 13.1 Å². The normalized spacial score (nSPS) is 10.8. The number of rotatable bonds is 4. The zero-order chi connectivity index (χ0) is 12.3. The minimum absolute atomic E-state index is 0.219. The zero-order valence-electron chi connectivity index (χ0n) is 8.84. The van der Waals surface area contributed by atoms with Crippen molar-refractivity contribution in [2.75, 3.05) is 0 Å². The van der Waals surface area contributed by atoms with E-state index in [1.165, 1.54) is 4.88 Å². The molecule has 0 bridgehead atoms. The second kappa shape index (κ2) is 6.09. The molecule has 1 aromatic carbocycles. The van der Waals surface area contributed by atoms with Crippen LogP contribution in [0.1, 0.15) is 10.4 Å². The number of nitrogens with one attached hydrogen (secondary N) is 1. The lowest BCUT2D eigenvalue weighted by atomic mass is 10.2. The predicted molar refractivity (Wildman–Crippen MR) is 76.7 cm³/mol. The highest BCUT2D eigenvalue weighted by Gasteiger charge is 2.01. The molecule has 0 aliphatic carbocycles. The highest BCUT2D eigenvalue weighted by atomic mass is 79.9. The number of halogens is 3. The summed E-state index contributed by atoms with van der Waals surface area (Å²) in [7, 11) is 0. The molecule has 1 aromatic heterocycles. The second-order valence-corrected chi connectivity index (χ2v) is 6.96. The molecule has 0 saturated carbocycles. The van der Waals surface area contributed by atoms with Gasteiger partial charge in [0, 0.05) is 18.0 Å². The van der Waals surface area contributed by atoms with E-state index in [0.29, 0.717) is 11.0 Å². The minimum atomic E-state index is -0.219. The van der Waals surface area contributed by atoms with E-state index >= 15 is 0 Å². The average molecular weight is 379 g/mol. The van der Waals surface area contributed by atoms with Crippen LogP contribution < -0.4 is 5.32 Å². The first-order valence-corrected chi connectivity index (χ1v) is 7.44. The minimum Gasteiger partial charge on any atom is -0.308 e. The maximum atomic E-state index is 13.3. The molecule has 0 fully saturated rings. The molecule has 2 rings (SSSR count). The van der Waals surface area contributed by atoms with E-state index < -0.39 is 0 Å². The predicted octanol–water partition coefficient (Wildman–Crippen LogP) is 4.70. The van der Waals surface area contributed by atoms with Gasteiger partial charge in [-0.3, -0.25) is 0 Å². The van der Waals surface area contributed by atoms with Gasteiger partial charge in [0.2, 0.25) is 0 Å². The lowest BCUT2D eigenvalue weighted by molar-refractivity contribution is 0.614. The standard InChI is InChI=1S/C12H10Br2FNS/c13-10-3-1-8(5-11(10)15)6-16-7-9-2-4-12(14)17-9/h1-5,16H,6-7H2. The first kappa shape index (κ1) is 13.2. The SMILES string of the molecule is Fc1cc(CNCc2ccc(Br)s2)ccc1Br. The number of hydrogen-bond donors (Lipinski definition) is 1. The van der Waals surface area contributed by atoms with Crippen molar-refractivity contribution in [2.24, 2.45) is 0 Å². The topological polar surface area (TPSA) is 12.0 Å². The van der Waals surface area contributed by atoms with Gasteiger partial charge in [0.15, 0.2) is 0 Å². The fraction of sp³-hybridized carbons (Fsp3) is 0.167. The Labute approximate surface area is 120 Å². The fourth-order valence-corrected chi connectivity index (χ4v) is 3.13. The smallest absolute Gasteiger partial charge is 0.137 e. The molecule has 0 aliphatic rings. The van der Waals surface area contributed by atoms with Gasteiger partial charge < -0.3 is 5.32 Å². The quantitative estimate of drug-likeness (QED) is 0.812. The summed E-state index contributed by atoms with van der Waals surface area (Å²) in [4.78, 5) is 1.26. The molecule has 0 atom stereocenters. The van der Waals surface area contributed by atoms with Gasteiger partial charge in [-0.15, -0.1) is 11.3 Å². The van der Waals surface area contributed by atoms with Crippen LogP contribution >= 0.6 is 43.2 Å². The first-order valence-electron chi connectivity index (χ1n) is 5.04. The summed E-state index contributed by atoms with van der Waals surface area (Å²) >= 11 is 8.26. The molecule has 1 nitrogen and oxygen atoms in total. The van der Waals surface area contributed by atoms with Crippen molar-refractivity contribution in [3.8, 4) is 0 Å². The van der Waals surface area contributed by atoms with Crippen molar-refractivity contribution in [3.63, 3.8) is 0 Å². The molecule has 2 aromatic rings. The van der Waals surface area contributed by atoms with E-state index in [-0.39, 0.29) is 5.82 Å². The van der Waals surface area contributed by atoms with Gasteiger partial charge in [0.05, 0.1) is 8.26 Å². The van der Waals surface area contributed by atoms with E-state index in [0.717, 1.165) is 15.9 Å². The Kier molecular flexibility index (Phi) is 4.73. The summed E-state index contributed by atoms with van der Waals surface area (Å²) in [6.45, 7) is 1.47. The molecule has 17 heavy (non-hydrogen) atoms. The van der Waals surface area contributed by atoms with Gasteiger partial charge >= 0.3 is 0 Å². The van der Waals surface area contributed by atoms with Crippen molar-refractivity contribution in [1.29, 1.82) is 0 Å².